The van der Waals surface area contributed by atoms with Gasteiger partial charge in [0.15, 0.2) is 5.82 Å². The molecule has 0 saturated heterocycles. The number of hydrogen-bond acceptors (Lipinski definition) is 4. The molecular formula is C23H21FN4OS. The molecule has 0 radical (unpaired) electrons. The number of halogens is 1. The van der Waals surface area contributed by atoms with Crippen LogP contribution in [-0.2, 0) is 13.0 Å². The van der Waals surface area contributed by atoms with E-state index in [0.717, 1.165) is 58.7 Å². The highest BCUT2D eigenvalue weighted by Gasteiger charge is 2.20. The van der Waals surface area contributed by atoms with E-state index < -0.39 is 5.82 Å². The Kier molecular flexibility index (Phi) is 4.83. The minimum Gasteiger partial charge on any atom is -0.319 e. The van der Waals surface area contributed by atoms with Crippen LogP contribution in [0.1, 0.15) is 40.3 Å². The number of carbonyl (C=O) groups excluding carboxylic acids is 1. The number of thiophene rings is 1. The highest BCUT2D eigenvalue weighted by molar-refractivity contribution is 7.21. The molecule has 0 fully saturated rings. The van der Waals surface area contributed by atoms with E-state index >= 15 is 0 Å². The monoisotopic (exact) mass is 420 g/mol. The molecule has 3 heterocycles. The van der Waals surface area contributed by atoms with Crippen LogP contribution in [0, 0.1) is 12.7 Å². The molecule has 152 valence electrons. The van der Waals surface area contributed by atoms with Crippen LogP contribution in [-0.4, -0.2) is 20.7 Å². The largest absolute Gasteiger partial charge is 0.319 e. The van der Waals surface area contributed by atoms with Gasteiger partial charge in [0.2, 0.25) is 0 Å². The Morgan fingerprint density at radius 3 is 2.87 bits per heavy atom. The number of rotatable bonds is 3. The predicted octanol–water partition coefficient (Wildman–Crippen LogP) is 5.59. The summed E-state index contributed by atoms with van der Waals surface area (Å²) in [5.74, 6) is 0.921. The second-order valence-corrected chi connectivity index (χ2v) is 8.66. The van der Waals surface area contributed by atoms with Crippen LogP contribution >= 0.6 is 11.3 Å². The lowest BCUT2D eigenvalue weighted by Gasteiger charge is -2.10. The second-order valence-electron chi connectivity index (χ2n) is 7.60. The maximum absolute atomic E-state index is 14.5. The fraction of sp³-hybridized carbons (Fsp3) is 0.261. The van der Waals surface area contributed by atoms with Gasteiger partial charge in [-0.3, -0.25) is 4.79 Å². The number of aryl methyl sites for hydroxylation is 2. The zero-order valence-electron chi connectivity index (χ0n) is 16.6. The molecule has 0 saturated carbocycles. The first-order valence-corrected chi connectivity index (χ1v) is 10.9. The highest BCUT2D eigenvalue weighted by Crippen LogP contribution is 2.32. The Balaban J connectivity index is 1.48. The van der Waals surface area contributed by atoms with Crippen LogP contribution < -0.4 is 5.32 Å². The third kappa shape index (κ3) is 3.29. The number of fused-ring (bicyclic) bond motifs is 2. The van der Waals surface area contributed by atoms with E-state index in [4.69, 9.17) is 0 Å². The number of benzene rings is 2. The van der Waals surface area contributed by atoms with Crippen LogP contribution in [0.25, 0.3) is 21.5 Å². The second kappa shape index (κ2) is 7.65. The summed E-state index contributed by atoms with van der Waals surface area (Å²) in [6.45, 7) is 2.78. The molecule has 2 aromatic heterocycles. The maximum Gasteiger partial charge on any atom is 0.266 e. The van der Waals surface area contributed by atoms with E-state index in [-0.39, 0.29) is 11.6 Å². The van der Waals surface area contributed by atoms with Crippen molar-refractivity contribution in [2.45, 2.75) is 39.2 Å². The van der Waals surface area contributed by atoms with E-state index in [0.29, 0.717) is 4.88 Å². The lowest BCUT2D eigenvalue weighted by molar-refractivity contribution is 0.102. The summed E-state index contributed by atoms with van der Waals surface area (Å²) in [5, 5.41) is 12.5. The van der Waals surface area contributed by atoms with Gasteiger partial charge in [-0.05, 0) is 55.0 Å². The molecule has 1 aliphatic rings. The zero-order valence-corrected chi connectivity index (χ0v) is 17.4. The van der Waals surface area contributed by atoms with Crippen molar-refractivity contribution in [1.82, 2.24) is 14.8 Å². The average molecular weight is 421 g/mol. The van der Waals surface area contributed by atoms with E-state index in [1.807, 2.05) is 31.2 Å². The van der Waals surface area contributed by atoms with Crippen LogP contribution in [0.4, 0.5) is 10.1 Å². The Bertz CT molecular complexity index is 1260. The highest BCUT2D eigenvalue weighted by atomic mass is 32.1. The maximum atomic E-state index is 14.5. The number of anilines is 1. The first-order valence-electron chi connectivity index (χ1n) is 10.1. The third-order valence-corrected chi connectivity index (χ3v) is 6.90. The smallest absolute Gasteiger partial charge is 0.266 e. The van der Waals surface area contributed by atoms with Crippen molar-refractivity contribution < 1.29 is 9.18 Å². The SMILES string of the molecule is Cc1c(C(=O)Nc2cc(-c3nnc4n3CCCCC4)ccc2F)sc2ccccc12. The normalized spacial score (nSPS) is 13.8. The summed E-state index contributed by atoms with van der Waals surface area (Å²) < 4.78 is 17.7. The lowest BCUT2D eigenvalue weighted by Crippen LogP contribution is -2.13. The molecule has 1 amide bonds. The van der Waals surface area contributed by atoms with Crippen molar-refractivity contribution in [2.24, 2.45) is 0 Å². The van der Waals surface area contributed by atoms with Gasteiger partial charge < -0.3 is 9.88 Å². The minimum atomic E-state index is -0.471. The third-order valence-electron chi connectivity index (χ3n) is 5.63. The number of aromatic nitrogens is 3. The van der Waals surface area contributed by atoms with Crippen LogP contribution in [0.2, 0.25) is 0 Å². The standard InChI is InChI=1S/C23H21FN4OS/c1-14-16-7-4-5-8-19(16)30-21(14)23(29)25-18-13-15(10-11-17(18)24)22-27-26-20-9-3-2-6-12-28(20)22/h4-5,7-8,10-11,13H,2-3,6,9,12H2,1H3,(H,25,29). The molecule has 0 unspecified atom stereocenters. The number of nitrogens with zero attached hydrogens (tertiary/aromatic N) is 3. The minimum absolute atomic E-state index is 0.153. The van der Waals surface area contributed by atoms with Crippen molar-refractivity contribution in [1.29, 1.82) is 0 Å². The Morgan fingerprint density at radius 2 is 2.00 bits per heavy atom. The zero-order chi connectivity index (χ0) is 20.7. The molecule has 1 aliphatic heterocycles. The summed E-state index contributed by atoms with van der Waals surface area (Å²) in [6.07, 6.45) is 4.26. The molecular weight excluding hydrogens is 399 g/mol. The van der Waals surface area contributed by atoms with E-state index in [1.54, 1.807) is 12.1 Å². The first-order chi connectivity index (χ1) is 14.6. The summed E-state index contributed by atoms with van der Waals surface area (Å²) in [7, 11) is 0. The number of amides is 1. The van der Waals surface area contributed by atoms with Gasteiger partial charge >= 0.3 is 0 Å². The van der Waals surface area contributed by atoms with E-state index in [9.17, 15) is 9.18 Å². The fourth-order valence-corrected chi connectivity index (χ4v) is 5.13. The quantitative estimate of drug-likeness (QED) is 0.470. The average Bonchev–Trinajstić information content (AvgIpc) is 3.22. The van der Waals surface area contributed by atoms with Crippen LogP contribution in [0.15, 0.2) is 42.5 Å². The van der Waals surface area contributed by atoms with Gasteiger partial charge in [-0.2, -0.15) is 0 Å². The molecule has 1 N–H and O–H groups in total. The first kappa shape index (κ1) is 18.9. The molecule has 0 spiro atoms. The molecule has 2 aromatic carbocycles. The molecule has 0 atom stereocenters. The number of carbonyl (C=O) groups is 1. The molecule has 0 aliphatic carbocycles. The topological polar surface area (TPSA) is 59.8 Å². The van der Waals surface area contributed by atoms with Crippen molar-refractivity contribution >= 4 is 33.0 Å². The fourth-order valence-electron chi connectivity index (χ4n) is 4.03. The molecule has 0 bridgehead atoms. The van der Waals surface area contributed by atoms with E-state index in [2.05, 4.69) is 20.1 Å². The molecule has 30 heavy (non-hydrogen) atoms. The summed E-state index contributed by atoms with van der Waals surface area (Å²) in [5.41, 5.74) is 1.81. The number of hydrogen-bond donors (Lipinski definition) is 1. The van der Waals surface area contributed by atoms with Gasteiger partial charge in [-0.25, -0.2) is 4.39 Å². The lowest BCUT2D eigenvalue weighted by atomic mass is 10.1. The van der Waals surface area contributed by atoms with Crippen molar-refractivity contribution in [3.8, 4) is 11.4 Å². The molecule has 4 aromatic rings. The Hall–Kier alpha value is -3.06. The molecule has 7 heteroatoms. The van der Waals surface area contributed by atoms with Gasteiger partial charge in [-0.1, -0.05) is 24.6 Å². The van der Waals surface area contributed by atoms with Gasteiger partial charge in [0.25, 0.3) is 5.91 Å². The number of nitrogens with one attached hydrogen (secondary N) is 1. The van der Waals surface area contributed by atoms with Crippen LogP contribution in [0.3, 0.4) is 0 Å². The summed E-state index contributed by atoms with van der Waals surface area (Å²) in [4.78, 5) is 13.5. The van der Waals surface area contributed by atoms with Gasteiger partial charge in [0.05, 0.1) is 10.6 Å². The van der Waals surface area contributed by atoms with Crippen molar-refractivity contribution in [2.75, 3.05) is 5.32 Å². The molecule has 5 rings (SSSR count). The van der Waals surface area contributed by atoms with Gasteiger partial charge in [0.1, 0.15) is 11.6 Å². The van der Waals surface area contributed by atoms with Gasteiger partial charge in [-0.15, -0.1) is 21.5 Å². The summed E-state index contributed by atoms with van der Waals surface area (Å²) >= 11 is 1.42. The Labute approximate surface area is 177 Å². The molecule has 5 nitrogen and oxygen atoms in total. The van der Waals surface area contributed by atoms with Crippen LogP contribution in [0.5, 0.6) is 0 Å². The summed E-state index contributed by atoms with van der Waals surface area (Å²) in [6, 6.07) is 12.6. The predicted molar refractivity (Wildman–Crippen MR) is 117 cm³/mol. The Morgan fingerprint density at radius 1 is 1.13 bits per heavy atom. The van der Waals surface area contributed by atoms with Crippen molar-refractivity contribution in [3.63, 3.8) is 0 Å². The van der Waals surface area contributed by atoms with E-state index in [1.165, 1.54) is 23.8 Å². The van der Waals surface area contributed by atoms with Gasteiger partial charge in [0, 0.05) is 23.2 Å². The van der Waals surface area contributed by atoms with Crippen molar-refractivity contribution in [3.05, 3.63) is 64.5 Å².